The highest BCUT2D eigenvalue weighted by Crippen LogP contribution is 2.38. The molecule has 100 valence electrons. The van der Waals surface area contributed by atoms with Gasteiger partial charge in [-0.25, -0.2) is 0 Å². The minimum Gasteiger partial charge on any atom is -0.496 e. The van der Waals surface area contributed by atoms with Gasteiger partial charge in [0.1, 0.15) is 17.1 Å². The van der Waals surface area contributed by atoms with Crippen molar-refractivity contribution >= 4 is 49.0 Å². The summed E-state index contributed by atoms with van der Waals surface area (Å²) >= 11 is 8.14. The highest BCUT2D eigenvalue weighted by Gasteiger charge is 2.23. The first kappa shape index (κ1) is 14.6. The first-order chi connectivity index (χ1) is 9.10. The zero-order valence-electron chi connectivity index (χ0n) is 10.2. The van der Waals surface area contributed by atoms with Crippen LogP contribution in [0.1, 0.15) is 15.2 Å². The monoisotopic (exact) mass is 404 g/mol. The van der Waals surface area contributed by atoms with Crippen molar-refractivity contribution in [2.75, 3.05) is 14.2 Å². The molecule has 1 aromatic carbocycles. The third kappa shape index (κ3) is 2.70. The van der Waals surface area contributed by atoms with Crippen LogP contribution in [0.25, 0.3) is 0 Å². The van der Waals surface area contributed by atoms with Crippen molar-refractivity contribution in [2.24, 2.45) is 0 Å². The summed E-state index contributed by atoms with van der Waals surface area (Å²) in [6, 6.07) is 5.27. The molecule has 0 aliphatic carbocycles. The summed E-state index contributed by atoms with van der Waals surface area (Å²) in [6.45, 7) is 0. The number of methoxy groups -OCH3 is 2. The van der Waals surface area contributed by atoms with Crippen molar-refractivity contribution < 1.29 is 14.3 Å². The molecule has 0 aliphatic rings. The number of hydrogen-bond acceptors (Lipinski definition) is 4. The number of thiophene rings is 1. The van der Waals surface area contributed by atoms with E-state index in [1.807, 2.05) is 5.38 Å². The van der Waals surface area contributed by atoms with E-state index in [-0.39, 0.29) is 5.78 Å². The van der Waals surface area contributed by atoms with E-state index in [1.165, 1.54) is 25.6 Å². The number of hydrogen-bond donors (Lipinski definition) is 0. The molecule has 0 spiro atoms. The molecule has 2 aromatic rings. The van der Waals surface area contributed by atoms with Gasteiger partial charge in [-0.3, -0.25) is 4.79 Å². The number of benzene rings is 1. The van der Waals surface area contributed by atoms with Gasteiger partial charge in [-0.05, 0) is 44.0 Å². The summed E-state index contributed by atoms with van der Waals surface area (Å²) in [5.41, 5.74) is 0.433. The lowest BCUT2D eigenvalue weighted by atomic mass is 10.1. The van der Waals surface area contributed by atoms with Crippen LogP contribution in [0.3, 0.4) is 0 Å². The quantitative estimate of drug-likeness (QED) is 0.701. The van der Waals surface area contributed by atoms with Crippen LogP contribution < -0.4 is 9.47 Å². The molecule has 0 N–H and O–H groups in total. The molecule has 0 atom stereocenters. The van der Waals surface area contributed by atoms with Crippen LogP contribution >= 0.6 is 43.2 Å². The number of ether oxygens (including phenoxy) is 2. The summed E-state index contributed by atoms with van der Waals surface area (Å²) in [4.78, 5) is 13.2. The lowest BCUT2D eigenvalue weighted by molar-refractivity contribution is 0.103. The Kier molecular flexibility index (Phi) is 4.65. The molecule has 3 nitrogen and oxygen atoms in total. The molecule has 0 radical (unpaired) electrons. The first-order valence-corrected chi connectivity index (χ1v) is 7.75. The van der Waals surface area contributed by atoms with Crippen molar-refractivity contribution in [1.82, 2.24) is 0 Å². The normalized spacial score (nSPS) is 10.3. The fraction of sp³-hybridized carbons (Fsp3) is 0.154. The predicted octanol–water partition coefficient (Wildman–Crippen LogP) is 4.52. The molecule has 19 heavy (non-hydrogen) atoms. The van der Waals surface area contributed by atoms with Crippen LogP contribution in [0.2, 0.25) is 0 Å². The maximum atomic E-state index is 12.6. The van der Waals surface area contributed by atoms with Crippen LogP contribution in [-0.2, 0) is 0 Å². The van der Waals surface area contributed by atoms with E-state index in [0.717, 1.165) is 8.95 Å². The Morgan fingerprint density at radius 2 is 1.74 bits per heavy atom. The van der Waals surface area contributed by atoms with Crippen LogP contribution in [0.4, 0.5) is 0 Å². The smallest absolute Gasteiger partial charge is 0.211 e. The zero-order valence-corrected chi connectivity index (χ0v) is 14.2. The molecule has 6 heteroatoms. The fourth-order valence-electron chi connectivity index (χ4n) is 1.66. The lowest BCUT2D eigenvalue weighted by Gasteiger charge is -2.11. The minimum absolute atomic E-state index is 0.128. The Balaban J connectivity index is 2.58. The van der Waals surface area contributed by atoms with E-state index in [4.69, 9.17) is 9.47 Å². The van der Waals surface area contributed by atoms with Gasteiger partial charge in [0.2, 0.25) is 5.78 Å². The van der Waals surface area contributed by atoms with Crippen molar-refractivity contribution in [3.05, 3.63) is 43.0 Å². The van der Waals surface area contributed by atoms with Crippen molar-refractivity contribution in [2.45, 2.75) is 0 Å². The van der Waals surface area contributed by atoms with Gasteiger partial charge in [-0.1, -0.05) is 6.07 Å². The van der Waals surface area contributed by atoms with Gasteiger partial charge in [-0.2, -0.15) is 0 Å². The molecule has 0 unspecified atom stereocenters. The topological polar surface area (TPSA) is 35.5 Å². The molecule has 1 aromatic heterocycles. The Labute approximate surface area is 131 Å². The van der Waals surface area contributed by atoms with Gasteiger partial charge < -0.3 is 9.47 Å². The number of carbonyl (C=O) groups is 1. The van der Waals surface area contributed by atoms with Crippen LogP contribution in [0.5, 0.6) is 11.5 Å². The SMILES string of the molecule is COc1cccc(OC)c1C(=O)c1scc(Br)c1Br. The predicted molar refractivity (Wildman–Crippen MR) is 82.7 cm³/mol. The lowest BCUT2D eigenvalue weighted by Crippen LogP contribution is -2.05. The average molecular weight is 406 g/mol. The van der Waals surface area contributed by atoms with Gasteiger partial charge >= 0.3 is 0 Å². The standard InChI is InChI=1S/C13H10Br2O3S/c1-17-8-4-3-5-9(18-2)10(8)12(16)13-11(15)7(14)6-19-13/h3-6H,1-2H3. The number of ketones is 1. The molecule has 0 fully saturated rings. The second-order valence-corrected chi connectivity index (χ2v) is 6.12. The molecule has 2 rings (SSSR count). The van der Waals surface area contributed by atoms with Gasteiger partial charge in [0.15, 0.2) is 0 Å². The van der Waals surface area contributed by atoms with E-state index in [2.05, 4.69) is 31.9 Å². The summed E-state index contributed by atoms with van der Waals surface area (Å²) < 4.78 is 12.1. The number of halogens is 2. The van der Waals surface area contributed by atoms with E-state index in [9.17, 15) is 4.79 Å². The number of rotatable bonds is 4. The van der Waals surface area contributed by atoms with Crippen molar-refractivity contribution in [1.29, 1.82) is 0 Å². The number of carbonyl (C=O) groups excluding carboxylic acids is 1. The van der Waals surface area contributed by atoms with Gasteiger partial charge in [0.25, 0.3) is 0 Å². The molecular weight excluding hydrogens is 396 g/mol. The largest absolute Gasteiger partial charge is 0.496 e. The van der Waals surface area contributed by atoms with E-state index >= 15 is 0 Å². The fourth-order valence-corrected chi connectivity index (χ4v) is 3.76. The maximum absolute atomic E-state index is 12.6. The van der Waals surface area contributed by atoms with E-state index in [1.54, 1.807) is 18.2 Å². The van der Waals surface area contributed by atoms with Crippen LogP contribution in [-0.4, -0.2) is 20.0 Å². The third-order valence-electron chi connectivity index (χ3n) is 2.55. The van der Waals surface area contributed by atoms with Crippen LogP contribution in [0.15, 0.2) is 32.5 Å². The highest BCUT2D eigenvalue weighted by molar-refractivity contribution is 9.13. The first-order valence-electron chi connectivity index (χ1n) is 5.28. The highest BCUT2D eigenvalue weighted by atomic mass is 79.9. The van der Waals surface area contributed by atoms with E-state index < -0.39 is 0 Å². The molecular formula is C13H10Br2O3S. The molecule has 0 bridgehead atoms. The Morgan fingerprint density at radius 1 is 1.16 bits per heavy atom. The molecule has 1 heterocycles. The third-order valence-corrected chi connectivity index (χ3v) is 6.08. The average Bonchev–Trinajstić information content (AvgIpc) is 2.77. The van der Waals surface area contributed by atoms with Gasteiger partial charge in [-0.15, -0.1) is 11.3 Å². The van der Waals surface area contributed by atoms with E-state index in [0.29, 0.717) is 21.9 Å². The molecule has 0 saturated heterocycles. The zero-order chi connectivity index (χ0) is 14.0. The summed E-state index contributed by atoms with van der Waals surface area (Å²) in [5, 5.41) is 1.86. The molecule has 0 amide bonds. The molecule has 0 saturated carbocycles. The van der Waals surface area contributed by atoms with Gasteiger partial charge in [0, 0.05) is 9.85 Å². The van der Waals surface area contributed by atoms with Gasteiger partial charge in [0.05, 0.1) is 23.6 Å². The second-order valence-electron chi connectivity index (χ2n) is 3.59. The Hall–Kier alpha value is -0.850. The second kappa shape index (κ2) is 6.07. The van der Waals surface area contributed by atoms with Crippen molar-refractivity contribution in [3.63, 3.8) is 0 Å². The Morgan fingerprint density at radius 3 is 2.16 bits per heavy atom. The van der Waals surface area contributed by atoms with Crippen molar-refractivity contribution in [3.8, 4) is 11.5 Å². The maximum Gasteiger partial charge on any atom is 0.211 e. The summed E-state index contributed by atoms with van der Waals surface area (Å²) in [5.74, 6) is 0.874. The van der Waals surface area contributed by atoms with Crippen LogP contribution in [0, 0.1) is 0 Å². The summed E-state index contributed by atoms with van der Waals surface area (Å²) in [7, 11) is 3.07. The Bertz CT molecular complexity index is 600. The molecule has 0 aliphatic heterocycles. The summed E-state index contributed by atoms with van der Waals surface area (Å²) in [6.07, 6.45) is 0. The minimum atomic E-state index is -0.128.